The molecule has 0 aromatic carbocycles. The SMILES string of the molecule is CCCCCCCCCCCCCCCCc1c[c]([Sn]([CH3])([CH3])[CH3])sc1[Si](C)(C)C. The average molecular weight is 544 g/mol. The van der Waals surface area contributed by atoms with Crippen molar-refractivity contribution in [3.63, 3.8) is 0 Å². The van der Waals surface area contributed by atoms with Crippen molar-refractivity contribution in [3.8, 4) is 0 Å². The molecule has 1 aromatic rings. The molecule has 0 unspecified atom stereocenters. The molecule has 0 aliphatic carbocycles. The second-order valence-electron chi connectivity index (χ2n) is 11.3. The molecule has 0 radical (unpaired) electrons. The van der Waals surface area contributed by atoms with Crippen LogP contribution < -0.4 is 7.39 Å². The Morgan fingerprint density at radius 1 is 0.690 bits per heavy atom. The molecule has 3 heteroatoms. The van der Waals surface area contributed by atoms with Crippen LogP contribution in [0.15, 0.2) is 6.07 Å². The zero-order valence-electron chi connectivity index (χ0n) is 21.1. The molecule has 170 valence electrons. The van der Waals surface area contributed by atoms with Gasteiger partial charge in [0.05, 0.1) is 0 Å². The molecule has 0 bridgehead atoms. The molecular formula is C26H52SSiSn. The van der Waals surface area contributed by atoms with Gasteiger partial charge >= 0.3 is 149 Å². The van der Waals surface area contributed by atoms with Gasteiger partial charge in [0.2, 0.25) is 0 Å². The van der Waals surface area contributed by atoms with Crippen LogP contribution in [-0.2, 0) is 6.42 Å². The van der Waals surface area contributed by atoms with Crippen LogP contribution in [0.3, 0.4) is 0 Å². The fourth-order valence-corrected chi connectivity index (χ4v) is 14.0. The maximum atomic E-state index is 2.65. The van der Waals surface area contributed by atoms with Gasteiger partial charge in [0.1, 0.15) is 0 Å². The predicted molar refractivity (Wildman–Crippen MR) is 144 cm³/mol. The van der Waals surface area contributed by atoms with E-state index < -0.39 is 26.5 Å². The van der Waals surface area contributed by atoms with E-state index in [9.17, 15) is 0 Å². The van der Waals surface area contributed by atoms with Gasteiger partial charge in [-0.25, -0.2) is 0 Å². The molecule has 1 rings (SSSR count). The van der Waals surface area contributed by atoms with Crippen molar-refractivity contribution in [1.82, 2.24) is 0 Å². The van der Waals surface area contributed by atoms with Gasteiger partial charge in [-0.3, -0.25) is 0 Å². The predicted octanol–water partition coefficient (Wildman–Crippen LogP) is 8.86. The zero-order chi connectivity index (χ0) is 21.8. The van der Waals surface area contributed by atoms with Crippen LogP contribution in [0.25, 0.3) is 0 Å². The van der Waals surface area contributed by atoms with E-state index in [0.29, 0.717) is 0 Å². The van der Waals surface area contributed by atoms with Crippen LogP contribution in [0, 0.1) is 0 Å². The van der Waals surface area contributed by atoms with Gasteiger partial charge < -0.3 is 0 Å². The summed E-state index contributed by atoms with van der Waals surface area (Å²) in [7, 11) is -1.19. The molecule has 0 atom stereocenters. The third kappa shape index (κ3) is 12.4. The van der Waals surface area contributed by atoms with Crippen molar-refractivity contribution >= 4 is 45.2 Å². The normalized spacial score (nSPS) is 12.7. The summed E-state index contributed by atoms with van der Waals surface area (Å²) < 4.78 is 3.62. The van der Waals surface area contributed by atoms with Crippen molar-refractivity contribution in [2.45, 2.75) is 138 Å². The Kier molecular flexibility index (Phi) is 14.1. The Morgan fingerprint density at radius 2 is 1.10 bits per heavy atom. The van der Waals surface area contributed by atoms with E-state index in [1.807, 2.05) is 4.50 Å². The van der Waals surface area contributed by atoms with Crippen LogP contribution in [0.5, 0.6) is 0 Å². The molecule has 0 N–H and O–H groups in total. The molecular weight excluding hydrogens is 491 g/mol. The first-order valence-electron chi connectivity index (χ1n) is 12.8. The van der Waals surface area contributed by atoms with Crippen molar-refractivity contribution in [3.05, 3.63) is 11.6 Å². The molecule has 0 nitrogen and oxygen atoms in total. The number of hydrogen-bond acceptors (Lipinski definition) is 1. The Balaban J connectivity index is 2.14. The van der Waals surface area contributed by atoms with E-state index in [4.69, 9.17) is 0 Å². The number of thiophene rings is 1. The molecule has 1 heterocycles. The number of hydrogen-bond donors (Lipinski definition) is 0. The van der Waals surface area contributed by atoms with Crippen molar-refractivity contribution < 1.29 is 0 Å². The first-order chi connectivity index (χ1) is 13.7. The summed E-state index contributed by atoms with van der Waals surface area (Å²) in [5.41, 5.74) is 1.75. The Morgan fingerprint density at radius 3 is 1.48 bits per heavy atom. The molecule has 0 fully saturated rings. The van der Waals surface area contributed by atoms with Gasteiger partial charge in [-0.05, 0) is 0 Å². The average Bonchev–Trinajstić information content (AvgIpc) is 3.07. The van der Waals surface area contributed by atoms with E-state index in [2.05, 4.69) is 58.8 Å². The maximum absolute atomic E-state index is 2.65. The third-order valence-corrected chi connectivity index (χ3v) is 20.3. The zero-order valence-corrected chi connectivity index (χ0v) is 25.8. The summed E-state index contributed by atoms with van der Waals surface area (Å²) in [6.07, 6.45) is 21.7. The van der Waals surface area contributed by atoms with Crippen LogP contribution in [0.1, 0.15) is 102 Å². The first-order valence-corrected chi connectivity index (χ1v) is 27.1. The van der Waals surface area contributed by atoms with E-state index in [-0.39, 0.29) is 0 Å². The topological polar surface area (TPSA) is 0 Å². The fraction of sp³-hybridized carbons (Fsp3) is 0.846. The van der Waals surface area contributed by atoms with Crippen molar-refractivity contribution in [2.75, 3.05) is 0 Å². The first kappa shape index (κ1) is 27.7. The molecule has 0 saturated carbocycles. The van der Waals surface area contributed by atoms with E-state index in [0.717, 1.165) is 0 Å². The van der Waals surface area contributed by atoms with Gasteiger partial charge in [-0.15, -0.1) is 0 Å². The number of unbranched alkanes of at least 4 members (excludes halogenated alkanes) is 13. The third-order valence-electron chi connectivity index (χ3n) is 6.03. The summed E-state index contributed by atoms with van der Waals surface area (Å²) in [5.74, 6) is 0. The van der Waals surface area contributed by atoms with Crippen LogP contribution in [0.4, 0.5) is 0 Å². The number of rotatable bonds is 17. The van der Waals surface area contributed by atoms with Crippen LogP contribution in [0.2, 0.25) is 34.5 Å². The Bertz CT molecular complexity index is 536. The quantitative estimate of drug-likeness (QED) is 0.136. The monoisotopic (exact) mass is 544 g/mol. The molecule has 0 aliphatic rings. The van der Waals surface area contributed by atoms with Gasteiger partial charge in [0.15, 0.2) is 0 Å². The van der Waals surface area contributed by atoms with Gasteiger partial charge in [0, 0.05) is 0 Å². The van der Waals surface area contributed by atoms with E-state index >= 15 is 0 Å². The fourth-order valence-electron chi connectivity index (χ4n) is 4.13. The standard InChI is InChI=1S/C23H43SSi.3CH3.Sn/c1-5-6-7-8-9-10-11-12-13-14-15-16-17-18-19-22-20-21-24-23(22)25(2,3)4;;;;/h20H,5-19H2,1-4H3;3*1H3;. The Hall–Kier alpha value is 0.716. The molecule has 0 spiro atoms. The second-order valence-corrected chi connectivity index (χ2v) is 33.1. The van der Waals surface area contributed by atoms with E-state index in [1.54, 1.807) is 8.46 Å². The molecule has 0 aliphatic heterocycles. The summed E-state index contributed by atoms with van der Waals surface area (Å²) in [5, 5.41) is 0. The minimum atomic E-state index is -1.92. The van der Waals surface area contributed by atoms with Gasteiger partial charge in [-0.1, -0.05) is 45.4 Å². The summed E-state index contributed by atoms with van der Waals surface area (Å²) in [6, 6.07) is 2.65. The van der Waals surface area contributed by atoms with Crippen LogP contribution in [-0.4, -0.2) is 26.5 Å². The van der Waals surface area contributed by atoms with Crippen molar-refractivity contribution in [1.29, 1.82) is 0 Å². The van der Waals surface area contributed by atoms with Gasteiger partial charge in [0.25, 0.3) is 0 Å². The van der Waals surface area contributed by atoms with Crippen LogP contribution >= 0.6 is 11.3 Å². The van der Waals surface area contributed by atoms with Crippen molar-refractivity contribution in [2.24, 2.45) is 0 Å². The Labute approximate surface area is 193 Å². The second kappa shape index (κ2) is 14.7. The molecule has 0 saturated heterocycles. The number of aryl methyl sites for hydroxylation is 1. The summed E-state index contributed by atoms with van der Waals surface area (Å²) >= 11 is 0.293. The van der Waals surface area contributed by atoms with E-state index in [1.165, 1.54) is 96.3 Å². The molecule has 1 aromatic heterocycles. The van der Waals surface area contributed by atoms with Gasteiger partial charge in [-0.2, -0.15) is 0 Å². The summed E-state index contributed by atoms with van der Waals surface area (Å²) in [4.78, 5) is 7.72. The molecule has 29 heavy (non-hydrogen) atoms. The molecule has 0 amide bonds. The summed E-state index contributed by atoms with van der Waals surface area (Å²) in [6.45, 7) is 9.91. The minimum absolute atomic E-state index is 1.19.